The van der Waals surface area contributed by atoms with E-state index in [9.17, 15) is 4.79 Å². The highest BCUT2D eigenvalue weighted by Gasteiger charge is 2.00. The van der Waals surface area contributed by atoms with Gasteiger partial charge in [-0.1, -0.05) is 30.3 Å². The molecule has 2 aromatic rings. The van der Waals surface area contributed by atoms with E-state index in [0.29, 0.717) is 11.3 Å². The molecule has 0 radical (unpaired) electrons. The van der Waals surface area contributed by atoms with Crippen LogP contribution in [0.2, 0.25) is 0 Å². The van der Waals surface area contributed by atoms with Crippen molar-refractivity contribution in [1.29, 1.82) is 5.26 Å². The van der Waals surface area contributed by atoms with Gasteiger partial charge in [0.2, 0.25) is 0 Å². The number of ether oxygens (including phenoxy) is 1. The third kappa shape index (κ3) is 4.80. The highest BCUT2D eigenvalue weighted by molar-refractivity contribution is 5.83. The molecule has 0 aliphatic rings. The van der Waals surface area contributed by atoms with Crippen molar-refractivity contribution in [2.75, 3.05) is 6.61 Å². The van der Waals surface area contributed by atoms with E-state index in [2.05, 4.69) is 10.5 Å². The normalized spacial score (nSPS) is 10.0. The van der Waals surface area contributed by atoms with Crippen LogP contribution in [0.4, 0.5) is 0 Å². The van der Waals surface area contributed by atoms with Gasteiger partial charge in [-0.3, -0.25) is 4.79 Å². The minimum absolute atomic E-state index is 0.102. The molecule has 0 aliphatic heterocycles. The maximum Gasteiger partial charge on any atom is 0.277 e. The fraction of sp³-hybridized carbons (Fsp3) is 0.0625. The molecule has 5 nitrogen and oxygen atoms in total. The maximum absolute atomic E-state index is 11.5. The molecule has 5 heteroatoms. The summed E-state index contributed by atoms with van der Waals surface area (Å²) in [5.74, 6) is 0.285. The molecule has 2 rings (SSSR count). The number of nitrogens with zero attached hydrogens (tertiary/aromatic N) is 2. The molecule has 2 aromatic carbocycles. The molecule has 1 amide bonds. The zero-order valence-corrected chi connectivity index (χ0v) is 11.2. The van der Waals surface area contributed by atoms with Crippen LogP contribution in [0.15, 0.2) is 59.7 Å². The lowest BCUT2D eigenvalue weighted by molar-refractivity contribution is -0.123. The molecule has 0 saturated carbocycles. The van der Waals surface area contributed by atoms with Crippen molar-refractivity contribution >= 4 is 12.1 Å². The van der Waals surface area contributed by atoms with Gasteiger partial charge in [-0.25, -0.2) is 5.43 Å². The molecule has 0 bridgehead atoms. The lowest BCUT2D eigenvalue weighted by Gasteiger charge is -2.04. The first kappa shape index (κ1) is 14.3. The van der Waals surface area contributed by atoms with Crippen LogP contribution < -0.4 is 10.2 Å². The van der Waals surface area contributed by atoms with E-state index in [1.807, 2.05) is 24.3 Å². The third-order valence-electron chi connectivity index (χ3n) is 2.56. The number of nitriles is 1. The Morgan fingerprint density at radius 2 is 1.90 bits per heavy atom. The number of nitrogens with one attached hydrogen (secondary N) is 1. The molecule has 0 fully saturated rings. The molecule has 0 atom stereocenters. The molecular weight excluding hydrogens is 266 g/mol. The Balaban J connectivity index is 1.78. The number of carbonyl (C=O) groups is 1. The van der Waals surface area contributed by atoms with Gasteiger partial charge in [-0.15, -0.1) is 0 Å². The van der Waals surface area contributed by atoms with E-state index in [1.165, 1.54) is 6.21 Å². The van der Waals surface area contributed by atoms with Gasteiger partial charge < -0.3 is 4.74 Å². The first-order chi connectivity index (χ1) is 10.3. The minimum atomic E-state index is -0.344. The van der Waals surface area contributed by atoms with Crippen molar-refractivity contribution in [2.24, 2.45) is 5.10 Å². The Morgan fingerprint density at radius 3 is 2.57 bits per heavy atom. The van der Waals surface area contributed by atoms with Crippen molar-refractivity contribution in [3.63, 3.8) is 0 Å². The summed E-state index contributed by atoms with van der Waals surface area (Å²) in [6, 6.07) is 18.0. The van der Waals surface area contributed by atoms with Gasteiger partial charge in [-0.2, -0.15) is 10.4 Å². The quantitative estimate of drug-likeness (QED) is 0.672. The van der Waals surface area contributed by atoms with Crippen molar-refractivity contribution in [1.82, 2.24) is 5.43 Å². The van der Waals surface area contributed by atoms with E-state index in [4.69, 9.17) is 10.00 Å². The zero-order valence-electron chi connectivity index (χ0n) is 11.2. The van der Waals surface area contributed by atoms with Crippen LogP contribution in [0, 0.1) is 11.3 Å². The van der Waals surface area contributed by atoms with E-state index in [0.717, 1.165) is 5.56 Å². The summed E-state index contributed by atoms with van der Waals surface area (Å²) in [4.78, 5) is 11.5. The molecule has 104 valence electrons. The van der Waals surface area contributed by atoms with E-state index < -0.39 is 0 Å². The summed E-state index contributed by atoms with van der Waals surface area (Å²) < 4.78 is 5.28. The van der Waals surface area contributed by atoms with Crippen LogP contribution in [0.1, 0.15) is 11.1 Å². The third-order valence-corrected chi connectivity index (χ3v) is 2.56. The monoisotopic (exact) mass is 279 g/mol. The summed E-state index contributed by atoms with van der Waals surface area (Å²) in [5, 5.41) is 12.5. The van der Waals surface area contributed by atoms with Gasteiger partial charge in [0.25, 0.3) is 5.91 Å². The zero-order chi connectivity index (χ0) is 14.9. The highest BCUT2D eigenvalue weighted by Crippen LogP contribution is 2.07. The number of benzene rings is 2. The predicted octanol–water partition coefficient (Wildman–Crippen LogP) is 2.09. The molecule has 1 N–H and O–H groups in total. The van der Waals surface area contributed by atoms with Gasteiger partial charge in [0.15, 0.2) is 6.61 Å². The molecule has 21 heavy (non-hydrogen) atoms. The number of hydrogen-bond donors (Lipinski definition) is 1. The lowest BCUT2D eigenvalue weighted by atomic mass is 10.2. The SMILES string of the molecule is N#Cc1ccc(/C=N\NC(=O)COc2ccccc2)cc1. The first-order valence-corrected chi connectivity index (χ1v) is 6.28. The summed E-state index contributed by atoms with van der Waals surface area (Å²) >= 11 is 0. The van der Waals surface area contributed by atoms with E-state index in [1.54, 1.807) is 36.4 Å². The standard InChI is InChI=1S/C16H13N3O2/c17-10-13-6-8-14(9-7-13)11-18-19-16(20)12-21-15-4-2-1-3-5-15/h1-9,11H,12H2,(H,19,20)/b18-11-. The Hall–Kier alpha value is -3.13. The number of carbonyl (C=O) groups excluding carboxylic acids is 1. The molecule has 0 spiro atoms. The molecule has 0 unspecified atom stereocenters. The van der Waals surface area contributed by atoms with Crippen molar-refractivity contribution in [3.8, 4) is 11.8 Å². The molecule has 0 aromatic heterocycles. The number of para-hydroxylation sites is 1. The summed E-state index contributed by atoms with van der Waals surface area (Å²) in [7, 11) is 0. The van der Waals surface area contributed by atoms with Crippen LogP contribution in [0.5, 0.6) is 5.75 Å². The average Bonchev–Trinajstić information content (AvgIpc) is 2.54. The smallest absolute Gasteiger partial charge is 0.277 e. The number of hydrogen-bond acceptors (Lipinski definition) is 4. The predicted molar refractivity (Wildman–Crippen MR) is 78.8 cm³/mol. The Bertz CT molecular complexity index is 658. The van der Waals surface area contributed by atoms with Gasteiger partial charge in [-0.05, 0) is 29.8 Å². The minimum Gasteiger partial charge on any atom is -0.484 e. The van der Waals surface area contributed by atoms with Crippen LogP contribution in [-0.4, -0.2) is 18.7 Å². The van der Waals surface area contributed by atoms with Crippen LogP contribution >= 0.6 is 0 Å². The van der Waals surface area contributed by atoms with E-state index in [-0.39, 0.29) is 12.5 Å². The molecule has 0 heterocycles. The van der Waals surface area contributed by atoms with Gasteiger partial charge in [0, 0.05) is 0 Å². The van der Waals surface area contributed by atoms with Crippen molar-refractivity contribution in [2.45, 2.75) is 0 Å². The number of rotatable bonds is 5. The topological polar surface area (TPSA) is 74.5 Å². The summed E-state index contributed by atoms with van der Waals surface area (Å²) in [6.07, 6.45) is 1.50. The molecule has 0 aliphatic carbocycles. The maximum atomic E-state index is 11.5. The second kappa shape index (κ2) is 7.46. The fourth-order valence-electron chi connectivity index (χ4n) is 1.52. The second-order valence-electron chi connectivity index (χ2n) is 4.13. The fourth-order valence-corrected chi connectivity index (χ4v) is 1.52. The Kier molecular flexibility index (Phi) is 5.07. The van der Waals surface area contributed by atoms with Gasteiger partial charge in [0.1, 0.15) is 5.75 Å². The van der Waals surface area contributed by atoms with Crippen LogP contribution in [0.25, 0.3) is 0 Å². The summed E-state index contributed by atoms with van der Waals surface area (Å²) in [5.41, 5.74) is 3.74. The first-order valence-electron chi connectivity index (χ1n) is 6.28. The van der Waals surface area contributed by atoms with Crippen molar-refractivity contribution < 1.29 is 9.53 Å². The average molecular weight is 279 g/mol. The molecular formula is C16H13N3O2. The largest absolute Gasteiger partial charge is 0.484 e. The highest BCUT2D eigenvalue weighted by atomic mass is 16.5. The Labute approximate surface area is 122 Å². The van der Waals surface area contributed by atoms with Crippen LogP contribution in [-0.2, 0) is 4.79 Å². The number of hydrazone groups is 1. The van der Waals surface area contributed by atoms with E-state index >= 15 is 0 Å². The van der Waals surface area contributed by atoms with Gasteiger partial charge >= 0.3 is 0 Å². The lowest BCUT2D eigenvalue weighted by Crippen LogP contribution is -2.24. The Morgan fingerprint density at radius 1 is 1.19 bits per heavy atom. The number of amides is 1. The van der Waals surface area contributed by atoms with Crippen LogP contribution in [0.3, 0.4) is 0 Å². The van der Waals surface area contributed by atoms with Crippen molar-refractivity contribution in [3.05, 3.63) is 65.7 Å². The second-order valence-corrected chi connectivity index (χ2v) is 4.13. The van der Waals surface area contributed by atoms with Gasteiger partial charge in [0.05, 0.1) is 17.8 Å². The molecule has 0 saturated heterocycles. The summed E-state index contributed by atoms with van der Waals surface area (Å²) in [6.45, 7) is -0.102.